The number of rotatable bonds is 3. The molecule has 0 aliphatic heterocycles. The highest BCUT2D eigenvalue weighted by atomic mass is 32.2. The van der Waals surface area contributed by atoms with Crippen LogP contribution in [0.25, 0.3) is 0 Å². The van der Waals surface area contributed by atoms with Gasteiger partial charge in [0, 0.05) is 12.3 Å². The van der Waals surface area contributed by atoms with E-state index in [1.807, 2.05) is 4.72 Å². The Labute approximate surface area is 108 Å². The van der Waals surface area contributed by atoms with Gasteiger partial charge in [0.25, 0.3) is 10.0 Å². The van der Waals surface area contributed by atoms with Crippen molar-refractivity contribution >= 4 is 21.5 Å². The van der Waals surface area contributed by atoms with E-state index >= 15 is 0 Å². The summed E-state index contributed by atoms with van der Waals surface area (Å²) in [6, 6.07) is 5.11. The number of hydrogen-bond donors (Lipinski definition) is 2. The van der Waals surface area contributed by atoms with Crippen LogP contribution in [-0.4, -0.2) is 13.4 Å². The minimum absolute atomic E-state index is 0.0913. The van der Waals surface area contributed by atoms with Crippen molar-refractivity contribution in [3.8, 4) is 0 Å². The van der Waals surface area contributed by atoms with Crippen molar-refractivity contribution in [1.82, 2.24) is 4.98 Å². The molecule has 2 aromatic rings. The number of aromatic nitrogens is 1. The summed E-state index contributed by atoms with van der Waals surface area (Å²) in [5.41, 5.74) is 5.62. The van der Waals surface area contributed by atoms with Crippen LogP contribution in [0, 0.1) is 11.6 Å². The van der Waals surface area contributed by atoms with E-state index < -0.39 is 26.6 Å². The first-order valence-electron chi connectivity index (χ1n) is 5.08. The molecule has 0 bridgehead atoms. The van der Waals surface area contributed by atoms with Gasteiger partial charge in [-0.05, 0) is 24.3 Å². The Kier molecular flexibility index (Phi) is 3.34. The van der Waals surface area contributed by atoms with Crippen LogP contribution in [-0.2, 0) is 10.0 Å². The Balaban J connectivity index is 2.41. The van der Waals surface area contributed by atoms with E-state index in [-0.39, 0.29) is 11.5 Å². The number of benzene rings is 1. The Hall–Kier alpha value is -2.22. The zero-order valence-corrected chi connectivity index (χ0v) is 10.3. The normalized spacial score (nSPS) is 11.3. The summed E-state index contributed by atoms with van der Waals surface area (Å²) in [5, 5.41) is 0. The molecule has 1 aromatic carbocycles. The average molecular weight is 285 g/mol. The van der Waals surface area contributed by atoms with Gasteiger partial charge in [0.1, 0.15) is 16.5 Å². The monoisotopic (exact) mass is 285 g/mol. The molecule has 0 aliphatic carbocycles. The lowest BCUT2D eigenvalue weighted by Crippen LogP contribution is -2.16. The van der Waals surface area contributed by atoms with Crippen molar-refractivity contribution < 1.29 is 17.2 Å². The highest BCUT2D eigenvalue weighted by Gasteiger charge is 2.20. The minimum Gasteiger partial charge on any atom is -0.396 e. The number of nitrogens with two attached hydrogens (primary N) is 1. The Morgan fingerprint density at radius 3 is 2.58 bits per heavy atom. The van der Waals surface area contributed by atoms with Crippen LogP contribution in [0.2, 0.25) is 0 Å². The van der Waals surface area contributed by atoms with Gasteiger partial charge in [-0.1, -0.05) is 0 Å². The maximum atomic E-state index is 13.4. The van der Waals surface area contributed by atoms with Gasteiger partial charge in [-0.25, -0.2) is 22.2 Å². The highest BCUT2D eigenvalue weighted by Crippen LogP contribution is 2.21. The Morgan fingerprint density at radius 2 is 1.95 bits per heavy atom. The fourth-order valence-corrected chi connectivity index (χ4v) is 2.48. The first-order valence-corrected chi connectivity index (χ1v) is 6.57. The molecule has 0 saturated heterocycles. The second-order valence-corrected chi connectivity index (χ2v) is 5.27. The lowest BCUT2D eigenvalue weighted by molar-refractivity contribution is 0.551. The van der Waals surface area contributed by atoms with Gasteiger partial charge in [-0.2, -0.15) is 0 Å². The van der Waals surface area contributed by atoms with Crippen LogP contribution in [0.4, 0.5) is 20.3 Å². The van der Waals surface area contributed by atoms with E-state index in [4.69, 9.17) is 5.73 Å². The second-order valence-electron chi connectivity index (χ2n) is 3.62. The second kappa shape index (κ2) is 4.81. The van der Waals surface area contributed by atoms with Crippen LogP contribution in [0.1, 0.15) is 0 Å². The summed E-state index contributed by atoms with van der Waals surface area (Å²) in [6.07, 6.45) is 1.33. The minimum atomic E-state index is -4.22. The molecule has 3 N–H and O–H groups in total. The molecule has 0 amide bonds. The zero-order valence-electron chi connectivity index (χ0n) is 9.47. The highest BCUT2D eigenvalue weighted by molar-refractivity contribution is 7.92. The fourth-order valence-electron chi connectivity index (χ4n) is 1.38. The van der Waals surface area contributed by atoms with E-state index in [2.05, 4.69) is 4.98 Å². The van der Waals surface area contributed by atoms with Crippen molar-refractivity contribution in [2.45, 2.75) is 4.90 Å². The molecule has 0 saturated carbocycles. The van der Waals surface area contributed by atoms with Crippen LogP contribution < -0.4 is 10.5 Å². The molecule has 0 radical (unpaired) electrons. The summed E-state index contributed by atoms with van der Waals surface area (Å²) in [5.74, 6) is -2.18. The van der Waals surface area contributed by atoms with Crippen LogP contribution >= 0.6 is 0 Å². The van der Waals surface area contributed by atoms with Gasteiger partial charge in [-0.3, -0.25) is 4.72 Å². The summed E-state index contributed by atoms with van der Waals surface area (Å²) in [6.45, 7) is 0. The molecule has 0 unspecified atom stereocenters. The first kappa shape index (κ1) is 13.2. The third-order valence-electron chi connectivity index (χ3n) is 2.25. The van der Waals surface area contributed by atoms with Gasteiger partial charge >= 0.3 is 0 Å². The van der Waals surface area contributed by atoms with Gasteiger partial charge < -0.3 is 5.73 Å². The number of sulfonamides is 1. The summed E-state index contributed by atoms with van der Waals surface area (Å²) in [7, 11) is -4.22. The molecule has 5 nitrogen and oxygen atoms in total. The quantitative estimate of drug-likeness (QED) is 0.899. The molecule has 0 atom stereocenters. The molecule has 1 heterocycles. The van der Waals surface area contributed by atoms with Crippen LogP contribution in [0.3, 0.4) is 0 Å². The molecule has 19 heavy (non-hydrogen) atoms. The van der Waals surface area contributed by atoms with Gasteiger partial charge in [0.2, 0.25) is 0 Å². The van der Waals surface area contributed by atoms with Crippen molar-refractivity contribution in [3.05, 3.63) is 48.2 Å². The molecule has 2 rings (SSSR count). The van der Waals surface area contributed by atoms with Crippen molar-refractivity contribution in [2.75, 3.05) is 10.5 Å². The Bertz CT molecular complexity index is 720. The molecule has 0 spiro atoms. The van der Waals surface area contributed by atoms with Crippen molar-refractivity contribution in [1.29, 1.82) is 0 Å². The molecular weight excluding hydrogens is 276 g/mol. The average Bonchev–Trinajstić information content (AvgIpc) is 2.31. The standard InChI is InChI=1S/C11H9F2N3O2S/c12-7-3-4-10(8(13)6-7)19(17,18)16-11-9(14)2-1-5-15-11/h1-6H,14H2,(H,15,16). The first-order chi connectivity index (χ1) is 8.90. The topological polar surface area (TPSA) is 85.1 Å². The van der Waals surface area contributed by atoms with Crippen LogP contribution in [0.5, 0.6) is 0 Å². The summed E-state index contributed by atoms with van der Waals surface area (Å²) < 4.78 is 52.0. The van der Waals surface area contributed by atoms with E-state index in [1.54, 1.807) is 0 Å². The number of nitrogens with zero attached hydrogens (tertiary/aromatic N) is 1. The SMILES string of the molecule is Nc1cccnc1NS(=O)(=O)c1ccc(F)cc1F. The van der Waals surface area contributed by atoms with Gasteiger partial charge in [0.05, 0.1) is 5.69 Å². The Morgan fingerprint density at radius 1 is 1.21 bits per heavy atom. The maximum absolute atomic E-state index is 13.4. The van der Waals surface area contributed by atoms with E-state index in [0.717, 1.165) is 12.1 Å². The van der Waals surface area contributed by atoms with Gasteiger partial charge in [-0.15, -0.1) is 0 Å². The number of hydrogen-bond acceptors (Lipinski definition) is 4. The largest absolute Gasteiger partial charge is 0.396 e. The summed E-state index contributed by atoms with van der Waals surface area (Å²) >= 11 is 0. The smallest absolute Gasteiger partial charge is 0.266 e. The third kappa shape index (κ3) is 2.79. The van der Waals surface area contributed by atoms with E-state index in [0.29, 0.717) is 6.07 Å². The number of pyridine rings is 1. The van der Waals surface area contributed by atoms with Crippen molar-refractivity contribution in [2.24, 2.45) is 0 Å². The molecule has 0 aliphatic rings. The number of anilines is 2. The zero-order chi connectivity index (χ0) is 14.0. The molecule has 1 aromatic heterocycles. The number of nitrogens with one attached hydrogen (secondary N) is 1. The molecule has 100 valence electrons. The molecule has 0 fully saturated rings. The predicted molar refractivity (Wildman–Crippen MR) is 65.8 cm³/mol. The van der Waals surface area contributed by atoms with E-state index in [9.17, 15) is 17.2 Å². The van der Waals surface area contributed by atoms with Gasteiger partial charge in [0.15, 0.2) is 5.82 Å². The van der Waals surface area contributed by atoms with Crippen molar-refractivity contribution in [3.63, 3.8) is 0 Å². The summed E-state index contributed by atoms with van der Waals surface area (Å²) in [4.78, 5) is 3.04. The fraction of sp³-hybridized carbons (Fsp3) is 0. The molecular formula is C11H9F2N3O2S. The van der Waals surface area contributed by atoms with Crippen LogP contribution in [0.15, 0.2) is 41.4 Å². The number of halogens is 2. The predicted octanol–water partition coefficient (Wildman–Crippen LogP) is 1.74. The lowest BCUT2D eigenvalue weighted by Gasteiger charge is -2.09. The van der Waals surface area contributed by atoms with E-state index in [1.165, 1.54) is 18.3 Å². The lowest BCUT2D eigenvalue weighted by atomic mass is 10.3. The maximum Gasteiger partial charge on any atom is 0.266 e. The number of nitrogen functional groups attached to an aromatic ring is 1. The third-order valence-corrected chi connectivity index (χ3v) is 3.63. The molecule has 8 heteroatoms.